The van der Waals surface area contributed by atoms with Gasteiger partial charge in [0.1, 0.15) is 10.0 Å². The van der Waals surface area contributed by atoms with E-state index in [4.69, 9.17) is 11.6 Å². The molecule has 2 heterocycles. The van der Waals surface area contributed by atoms with E-state index < -0.39 is 0 Å². The Morgan fingerprint density at radius 1 is 1.36 bits per heavy atom. The summed E-state index contributed by atoms with van der Waals surface area (Å²) in [5.74, 6) is -0.128. The maximum atomic E-state index is 11.8. The van der Waals surface area contributed by atoms with Crippen LogP contribution in [0, 0.1) is 0 Å². The van der Waals surface area contributed by atoms with E-state index in [9.17, 15) is 4.79 Å². The van der Waals surface area contributed by atoms with Gasteiger partial charge in [0.25, 0.3) is 0 Å². The van der Waals surface area contributed by atoms with Crippen LogP contribution in [0.4, 0.5) is 0 Å². The number of carbonyl (C=O) groups is 1. The molecule has 0 unspecified atom stereocenters. The standard InChI is InChI=1S/C10H6ClNOS/c11-10-7(4-6-14-10)9(13)8-3-1-2-5-12-8/h1-6H. The molecule has 70 valence electrons. The molecule has 2 rings (SSSR count). The summed E-state index contributed by atoms with van der Waals surface area (Å²) in [4.78, 5) is 15.8. The smallest absolute Gasteiger partial charge is 0.213 e. The fourth-order valence-electron chi connectivity index (χ4n) is 1.09. The Bertz CT molecular complexity index is 452. The van der Waals surface area contributed by atoms with Gasteiger partial charge >= 0.3 is 0 Å². The van der Waals surface area contributed by atoms with Gasteiger partial charge in [-0.25, -0.2) is 0 Å². The number of aromatic nitrogens is 1. The third-order valence-corrected chi connectivity index (χ3v) is 2.93. The first-order valence-corrected chi connectivity index (χ1v) is 5.23. The topological polar surface area (TPSA) is 30.0 Å². The Balaban J connectivity index is 2.39. The van der Waals surface area contributed by atoms with Crippen molar-refractivity contribution in [2.75, 3.05) is 0 Å². The Kier molecular flexibility index (Phi) is 2.61. The fourth-order valence-corrected chi connectivity index (χ4v) is 2.01. The van der Waals surface area contributed by atoms with Crippen LogP contribution < -0.4 is 0 Å². The highest BCUT2D eigenvalue weighted by Crippen LogP contribution is 2.24. The van der Waals surface area contributed by atoms with E-state index in [1.807, 2.05) is 0 Å². The van der Waals surface area contributed by atoms with E-state index in [2.05, 4.69) is 4.98 Å². The van der Waals surface area contributed by atoms with Gasteiger partial charge in [-0.15, -0.1) is 11.3 Å². The SMILES string of the molecule is O=C(c1ccccn1)c1ccsc1Cl. The molecule has 0 aliphatic carbocycles. The van der Waals surface area contributed by atoms with Crippen LogP contribution in [0.5, 0.6) is 0 Å². The number of hydrogen-bond donors (Lipinski definition) is 0. The highest BCUT2D eigenvalue weighted by molar-refractivity contribution is 7.14. The first-order valence-electron chi connectivity index (χ1n) is 3.98. The average molecular weight is 224 g/mol. The van der Waals surface area contributed by atoms with Crippen LogP contribution in [0.25, 0.3) is 0 Å². The van der Waals surface area contributed by atoms with Crippen molar-refractivity contribution in [2.45, 2.75) is 0 Å². The number of thiophene rings is 1. The Morgan fingerprint density at radius 2 is 2.21 bits per heavy atom. The summed E-state index contributed by atoms with van der Waals surface area (Å²) in [5, 5.41) is 1.79. The molecule has 2 nitrogen and oxygen atoms in total. The van der Waals surface area contributed by atoms with Crippen molar-refractivity contribution >= 4 is 28.7 Å². The van der Waals surface area contributed by atoms with E-state index in [1.54, 1.807) is 35.8 Å². The molecule has 0 spiro atoms. The number of rotatable bonds is 2. The van der Waals surface area contributed by atoms with Crippen LogP contribution in [0.1, 0.15) is 16.1 Å². The van der Waals surface area contributed by atoms with Crippen molar-refractivity contribution in [3.05, 3.63) is 51.4 Å². The van der Waals surface area contributed by atoms with Crippen molar-refractivity contribution in [3.8, 4) is 0 Å². The van der Waals surface area contributed by atoms with Crippen molar-refractivity contribution < 1.29 is 4.79 Å². The van der Waals surface area contributed by atoms with Crippen LogP contribution in [0.3, 0.4) is 0 Å². The van der Waals surface area contributed by atoms with E-state index in [0.29, 0.717) is 15.6 Å². The van der Waals surface area contributed by atoms with E-state index >= 15 is 0 Å². The predicted molar refractivity (Wildman–Crippen MR) is 57.0 cm³/mol. The molecular weight excluding hydrogens is 218 g/mol. The minimum absolute atomic E-state index is 0.128. The number of pyridine rings is 1. The van der Waals surface area contributed by atoms with E-state index in [1.165, 1.54) is 11.3 Å². The Labute approximate surface area is 90.2 Å². The lowest BCUT2D eigenvalue weighted by molar-refractivity contribution is 0.103. The second-order valence-electron chi connectivity index (χ2n) is 2.65. The second-order valence-corrected chi connectivity index (χ2v) is 4.17. The summed E-state index contributed by atoms with van der Waals surface area (Å²) >= 11 is 7.20. The first-order chi connectivity index (χ1) is 6.79. The zero-order valence-electron chi connectivity index (χ0n) is 7.11. The molecular formula is C10H6ClNOS. The molecule has 2 aromatic rings. The molecule has 0 N–H and O–H groups in total. The van der Waals surface area contributed by atoms with Crippen molar-refractivity contribution in [1.29, 1.82) is 0 Å². The number of hydrogen-bond acceptors (Lipinski definition) is 3. The molecule has 14 heavy (non-hydrogen) atoms. The first kappa shape index (κ1) is 9.37. The summed E-state index contributed by atoms with van der Waals surface area (Å²) in [6, 6.07) is 6.94. The van der Waals surface area contributed by atoms with E-state index in [-0.39, 0.29) is 5.78 Å². The summed E-state index contributed by atoms with van der Waals surface area (Å²) in [6.45, 7) is 0. The summed E-state index contributed by atoms with van der Waals surface area (Å²) < 4.78 is 0.514. The monoisotopic (exact) mass is 223 g/mol. The quantitative estimate of drug-likeness (QED) is 0.733. The van der Waals surface area contributed by atoms with Gasteiger partial charge in [-0.2, -0.15) is 0 Å². The normalized spacial score (nSPS) is 10.1. The van der Waals surface area contributed by atoms with Gasteiger partial charge in [-0.3, -0.25) is 9.78 Å². The van der Waals surface area contributed by atoms with Gasteiger partial charge in [-0.05, 0) is 23.6 Å². The fraction of sp³-hybridized carbons (Fsp3) is 0. The Hall–Kier alpha value is -1.19. The molecule has 0 radical (unpaired) electrons. The van der Waals surface area contributed by atoms with Gasteiger partial charge < -0.3 is 0 Å². The minimum atomic E-state index is -0.128. The van der Waals surface area contributed by atoms with Gasteiger partial charge in [0.05, 0.1) is 5.56 Å². The highest BCUT2D eigenvalue weighted by atomic mass is 35.5. The second kappa shape index (κ2) is 3.90. The van der Waals surface area contributed by atoms with E-state index in [0.717, 1.165) is 0 Å². The van der Waals surface area contributed by atoms with Crippen LogP contribution >= 0.6 is 22.9 Å². The third kappa shape index (κ3) is 1.69. The average Bonchev–Trinajstić information content (AvgIpc) is 2.65. The molecule has 0 fully saturated rings. The number of nitrogens with zero attached hydrogens (tertiary/aromatic N) is 1. The molecule has 0 saturated heterocycles. The van der Waals surface area contributed by atoms with Gasteiger partial charge in [0.15, 0.2) is 0 Å². The van der Waals surface area contributed by atoms with Crippen LogP contribution in [-0.2, 0) is 0 Å². The molecule has 0 amide bonds. The molecule has 0 aliphatic heterocycles. The summed E-state index contributed by atoms with van der Waals surface area (Å²) in [6.07, 6.45) is 1.59. The molecule has 0 saturated carbocycles. The number of ketones is 1. The summed E-state index contributed by atoms with van der Waals surface area (Å²) in [7, 11) is 0. The predicted octanol–water partition coefficient (Wildman–Crippen LogP) is 3.03. The molecule has 4 heteroatoms. The highest BCUT2D eigenvalue weighted by Gasteiger charge is 2.13. The zero-order valence-corrected chi connectivity index (χ0v) is 8.68. The molecule has 0 atom stereocenters. The molecule has 0 aromatic carbocycles. The largest absolute Gasteiger partial charge is 0.287 e. The lowest BCUT2D eigenvalue weighted by atomic mass is 10.1. The van der Waals surface area contributed by atoms with Crippen molar-refractivity contribution in [1.82, 2.24) is 4.98 Å². The minimum Gasteiger partial charge on any atom is -0.287 e. The number of carbonyl (C=O) groups excluding carboxylic acids is 1. The third-order valence-electron chi connectivity index (χ3n) is 1.76. The number of halogens is 1. The van der Waals surface area contributed by atoms with Crippen LogP contribution in [0.2, 0.25) is 4.34 Å². The van der Waals surface area contributed by atoms with Gasteiger partial charge in [-0.1, -0.05) is 17.7 Å². The van der Waals surface area contributed by atoms with Gasteiger partial charge in [0, 0.05) is 6.20 Å². The molecule has 0 bridgehead atoms. The van der Waals surface area contributed by atoms with Crippen molar-refractivity contribution in [3.63, 3.8) is 0 Å². The Morgan fingerprint density at radius 3 is 2.79 bits per heavy atom. The van der Waals surface area contributed by atoms with Gasteiger partial charge in [0.2, 0.25) is 5.78 Å². The maximum Gasteiger partial charge on any atom is 0.213 e. The summed E-state index contributed by atoms with van der Waals surface area (Å²) in [5.41, 5.74) is 0.947. The molecule has 0 aliphatic rings. The van der Waals surface area contributed by atoms with Crippen LogP contribution in [0.15, 0.2) is 35.8 Å². The maximum absolute atomic E-state index is 11.8. The molecule has 2 aromatic heterocycles. The zero-order chi connectivity index (χ0) is 9.97. The lowest BCUT2D eigenvalue weighted by Crippen LogP contribution is -2.02. The lowest BCUT2D eigenvalue weighted by Gasteiger charge is -1.96. The van der Waals surface area contributed by atoms with Crippen LogP contribution in [-0.4, -0.2) is 10.8 Å². The van der Waals surface area contributed by atoms with Crippen molar-refractivity contribution in [2.24, 2.45) is 0 Å².